The van der Waals surface area contributed by atoms with Crippen LogP contribution in [0.25, 0.3) is 22.9 Å². The first-order chi connectivity index (χ1) is 13.3. The van der Waals surface area contributed by atoms with Crippen LogP contribution < -0.4 is 10.4 Å². The Kier molecular flexibility index (Phi) is 3.79. The third-order valence-corrected chi connectivity index (χ3v) is 5.51. The Bertz CT molecular complexity index is 1200. The molecule has 27 heavy (non-hydrogen) atoms. The topological polar surface area (TPSA) is 20.2 Å². The second-order valence-corrected chi connectivity index (χ2v) is 7.19. The van der Waals surface area contributed by atoms with Gasteiger partial charge in [0, 0.05) is 17.4 Å². The van der Waals surface area contributed by atoms with Gasteiger partial charge in [-0.15, -0.1) is 0 Å². The Hall–Kier alpha value is -3.32. The lowest BCUT2D eigenvalue weighted by Crippen LogP contribution is -2.19. The van der Waals surface area contributed by atoms with Crippen LogP contribution in [0.1, 0.15) is 17.0 Å². The average Bonchev–Trinajstić information content (AvgIpc) is 3.13. The first-order valence-electron chi connectivity index (χ1n) is 9.35. The van der Waals surface area contributed by atoms with E-state index in [1.165, 1.54) is 16.0 Å². The summed E-state index contributed by atoms with van der Waals surface area (Å²) in [5, 5.41) is 15.6. The second kappa shape index (κ2) is 6.44. The molecule has 0 saturated carbocycles. The lowest BCUT2D eigenvalue weighted by atomic mass is 9.80. The molecule has 1 aliphatic carbocycles. The predicted molar refractivity (Wildman–Crippen MR) is 112 cm³/mol. The summed E-state index contributed by atoms with van der Waals surface area (Å²) in [5.41, 5.74) is 2.19. The van der Waals surface area contributed by atoms with Crippen molar-refractivity contribution in [1.29, 1.82) is 0 Å². The fourth-order valence-corrected chi connectivity index (χ4v) is 4.23. The van der Waals surface area contributed by atoms with Crippen molar-refractivity contribution in [3.8, 4) is 5.75 Å². The molecular weight excluding hydrogens is 328 g/mol. The molecule has 5 rings (SSSR count). The van der Waals surface area contributed by atoms with Crippen LogP contribution in [-0.2, 0) is 0 Å². The normalized spacial score (nSPS) is 14.4. The van der Waals surface area contributed by atoms with E-state index in [9.17, 15) is 5.11 Å². The van der Waals surface area contributed by atoms with E-state index in [2.05, 4.69) is 72.8 Å². The third-order valence-electron chi connectivity index (χ3n) is 5.51. The molecule has 0 heterocycles. The van der Waals surface area contributed by atoms with Gasteiger partial charge in [-0.3, -0.25) is 0 Å². The lowest BCUT2D eigenvalue weighted by Gasteiger charge is -2.24. The fraction of sp³-hybridized carbons (Fsp3) is 0.0769. The molecule has 0 aromatic heterocycles. The highest BCUT2D eigenvalue weighted by Gasteiger charge is 2.26. The zero-order valence-corrected chi connectivity index (χ0v) is 14.9. The van der Waals surface area contributed by atoms with Crippen molar-refractivity contribution in [2.45, 2.75) is 5.92 Å². The molecule has 0 spiro atoms. The van der Waals surface area contributed by atoms with Gasteiger partial charge >= 0.3 is 0 Å². The maximum Gasteiger partial charge on any atom is 0.120 e. The average molecular weight is 348 g/mol. The number of rotatable bonds is 3. The number of hydrogen-bond donors (Lipinski definition) is 1. The molecule has 0 saturated heterocycles. The van der Waals surface area contributed by atoms with E-state index in [-0.39, 0.29) is 11.8 Å². The van der Waals surface area contributed by atoms with Crippen LogP contribution in [0, 0.1) is 5.92 Å². The summed E-state index contributed by atoms with van der Waals surface area (Å²) in [4.78, 5) is 0. The minimum atomic E-state index is 0.0724. The Labute approximate surface area is 158 Å². The quantitative estimate of drug-likeness (QED) is 0.575. The predicted octanol–water partition coefficient (Wildman–Crippen LogP) is 4.57. The van der Waals surface area contributed by atoms with Gasteiger partial charge in [0.25, 0.3) is 0 Å². The van der Waals surface area contributed by atoms with Crippen LogP contribution in [-0.4, -0.2) is 5.11 Å². The molecule has 4 aromatic carbocycles. The van der Waals surface area contributed by atoms with Crippen molar-refractivity contribution in [3.63, 3.8) is 0 Å². The zero-order valence-electron chi connectivity index (χ0n) is 14.9. The molecule has 0 amide bonds. The molecule has 1 N–H and O–H groups in total. The van der Waals surface area contributed by atoms with Crippen LogP contribution in [0.3, 0.4) is 0 Å². The Morgan fingerprint density at radius 1 is 0.630 bits per heavy atom. The van der Waals surface area contributed by atoms with Crippen molar-refractivity contribution in [2.24, 2.45) is 5.92 Å². The van der Waals surface area contributed by atoms with Gasteiger partial charge < -0.3 is 5.11 Å². The molecule has 0 aliphatic heterocycles. The Morgan fingerprint density at radius 3 is 1.85 bits per heavy atom. The first-order valence-corrected chi connectivity index (χ1v) is 9.35. The summed E-state index contributed by atoms with van der Waals surface area (Å²) < 4.78 is 0. The van der Waals surface area contributed by atoms with Gasteiger partial charge in [0.2, 0.25) is 0 Å². The molecule has 1 unspecified atom stereocenters. The lowest BCUT2D eigenvalue weighted by molar-refractivity contribution is 0.464. The van der Waals surface area contributed by atoms with E-state index in [0.717, 1.165) is 16.3 Å². The number of phenols is 1. The molecule has 0 fully saturated rings. The summed E-state index contributed by atoms with van der Waals surface area (Å²) in [7, 11) is 0. The maximum atomic E-state index is 10.9. The van der Waals surface area contributed by atoms with Crippen molar-refractivity contribution in [2.75, 3.05) is 0 Å². The van der Waals surface area contributed by atoms with Gasteiger partial charge in [0.05, 0.1) is 0 Å². The summed E-state index contributed by atoms with van der Waals surface area (Å²) in [5.74, 6) is 0.639. The number of benzene rings is 4. The molecule has 1 aliphatic rings. The number of fused-ring (bicyclic) bond motifs is 2. The van der Waals surface area contributed by atoms with Gasteiger partial charge in [0.15, 0.2) is 0 Å². The van der Waals surface area contributed by atoms with Crippen LogP contribution in [0.15, 0.2) is 91.0 Å². The van der Waals surface area contributed by atoms with Gasteiger partial charge in [-0.05, 0) is 38.9 Å². The van der Waals surface area contributed by atoms with Crippen LogP contribution >= 0.6 is 0 Å². The fourth-order valence-electron chi connectivity index (χ4n) is 4.23. The van der Waals surface area contributed by atoms with Crippen LogP contribution in [0.5, 0.6) is 5.75 Å². The van der Waals surface area contributed by atoms with E-state index in [1.807, 2.05) is 30.3 Å². The Balaban J connectivity index is 1.72. The maximum absolute atomic E-state index is 10.9. The van der Waals surface area contributed by atoms with Gasteiger partial charge in [-0.1, -0.05) is 91.0 Å². The minimum Gasteiger partial charge on any atom is -0.508 e. The SMILES string of the molecule is Oc1cc2ccccc2cc1C(c1ccccc1)C1C=c2ccccc2=C1. The van der Waals surface area contributed by atoms with Gasteiger partial charge in [-0.2, -0.15) is 0 Å². The highest BCUT2D eigenvalue weighted by molar-refractivity contribution is 5.85. The monoisotopic (exact) mass is 348 g/mol. The molecule has 4 aromatic rings. The van der Waals surface area contributed by atoms with E-state index < -0.39 is 0 Å². The van der Waals surface area contributed by atoms with E-state index in [4.69, 9.17) is 0 Å². The summed E-state index contributed by atoms with van der Waals surface area (Å²) in [6.07, 6.45) is 4.64. The molecule has 130 valence electrons. The molecule has 1 atom stereocenters. The minimum absolute atomic E-state index is 0.0724. The van der Waals surface area contributed by atoms with E-state index in [0.29, 0.717) is 5.75 Å². The van der Waals surface area contributed by atoms with Gasteiger partial charge in [-0.25, -0.2) is 0 Å². The zero-order chi connectivity index (χ0) is 18.2. The van der Waals surface area contributed by atoms with Crippen molar-refractivity contribution >= 4 is 22.9 Å². The highest BCUT2D eigenvalue weighted by atomic mass is 16.3. The van der Waals surface area contributed by atoms with Crippen LogP contribution in [0.2, 0.25) is 0 Å². The summed E-state index contributed by atoms with van der Waals surface area (Å²) >= 11 is 0. The molecular formula is C26H20O. The van der Waals surface area contributed by atoms with Crippen molar-refractivity contribution in [1.82, 2.24) is 0 Å². The first kappa shape index (κ1) is 15.9. The van der Waals surface area contributed by atoms with Crippen molar-refractivity contribution in [3.05, 3.63) is 113 Å². The molecule has 1 heteroatoms. The third kappa shape index (κ3) is 2.82. The molecule has 1 nitrogen and oxygen atoms in total. The van der Waals surface area contributed by atoms with E-state index >= 15 is 0 Å². The molecule has 0 radical (unpaired) electrons. The standard InChI is InChI=1S/C26H20O/c27-25-17-22-13-7-6-12-21(22)16-24(25)26(18-8-2-1-3-9-18)23-14-19-10-4-5-11-20(19)15-23/h1-17,23,26-27H. The number of phenolic OH excluding ortho intramolecular Hbond substituents is 1. The highest BCUT2D eigenvalue weighted by Crippen LogP contribution is 2.40. The number of aromatic hydroxyl groups is 1. The largest absolute Gasteiger partial charge is 0.508 e. The molecule has 0 bridgehead atoms. The number of hydrogen-bond acceptors (Lipinski definition) is 1. The van der Waals surface area contributed by atoms with Crippen LogP contribution in [0.4, 0.5) is 0 Å². The summed E-state index contributed by atoms with van der Waals surface area (Å²) in [6, 6.07) is 31.2. The Morgan fingerprint density at radius 2 is 1.19 bits per heavy atom. The summed E-state index contributed by atoms with van der Waals surface area (Å²) in [6.45, 7) is 0. The van der Waals surface area contributed by atoms with Crippen molar-refractivity contribution < 1.29 is 5.11 Å². The smallest absolute Gasteiger partial charge is 0.120 e. The van der Waals surface area contributed by atoms with Gasteiger partial charge in [0.1, 0.15) is 5.75 Å². The second-order valence-electron chi connectivity index (χ2n) is 7.19. The van der Waals surface area contributed by atoms with E-state index in [1.54, 1.807) is 0 Å².